The molecule has 0 spiro atoms. The van der Waals surface area contributed by atoms with Gasteiger partial charge >= 0.3 is 0 Å². The van der Waals surface area contributed by atoms with Gasteiger partial charge in [0.1, 0.15) is 5.41 Å². The summed E-state index contributed by atoms with van der Waals surface area (Å²) < 4.78 is 0. The number of pyridine rings is 1. The molecule has 27 heavy (non-hydrogen) atoms. The third-order valence-electron chi connectivity index (χ3n) is 4.56. The van der Waals surface area contributed by atoms with Crippen LogP contribution in [0.25, 0.3) is 10.9 Å². The second-order valence-electron chi connectivity index (χ2n) is 6.95. The molecule has 138 valence electrons. The van der Waals surface area contributed by atoms with E-state index in [2.05, 4.69) is 15.6 Å². The first-order valence-electron chi connectivity index (χ1n) is 8.96. The van der Waals surface area contributed by atoms with Gasteiger partial charge in [-0.3, -0.25) is 14.6 Å². The minimum atomic E-state index is -1.20. The zero-order valence-corrected chi connectivity index (χ0v) is 15.5. The molecule has 2 N–H and O–H groups in total. The van der Waals surface area contributed by atoms with Crippen molar-refractivity contribution < 1.29 is 9.59 Å². The van der Waals surface area contributed by atoms with E-state index in [0.29, 0.717) is 17.7 Å². The van der Waals surface area contributed by atoms with E-state index < -0.39 is 5.41 Å². The number of carbonyl (C=O) groups is 2. The number of hydrogen-bond acceptors (Lipinski definition) is 3. The summed E-state index contributed by atoms with van der Waals surface area (Å²) in [5, 5.41) is 6.64. The van der Waals surface area contributed by atoms with E-state index >= 15 is 0 Å². The molecule has 2 amide bonds. The van der Waals surface area contributed by atoms with Crippen LogP contribution in [0.15, 0.2) is 66.9 Å². The van der Waals surface area contributed by atoms with Gasteiger partial charge in [-0.1, -0.05) is 48.5 Å². The van der Waals surface area contributed by atoms with Gasteiger partial charge in [0, 0.05) is 18.1 Å². The molecule has 3 aromatic rings. The predicted octanol–water partition coefficient (Wildman–Crippen LogP) is 3.56. The lowest BCUT2D eigenvalue weighted by atomic mass is 9.90. The highest BCUT2D eigenvalue weighted by molar-refractivity contribution is 6.12. The Morgan fingerprint density at radius 2 is 1.67 bits per heavy atom. The minimum Gasteiger partial charge on any atom is -0.355 e. The molecule has 0 unspecified atom stereocenters. The molecule has 1 aromatic heterocycles. The number of rotatable bonds is 6. The first-order chi connectivity index (χ1) is 13.0. The molecule has 0 fully saturated rings. The molecule has 0 radical (unpaired) electrons. The lowest BCUT2D eigenvalue weighted by Gasteiger charge is -2.23. The van der Waals surface area contributed by atoms with Crippen molar-refractivity contribution in [2.75, 3.05) is 11.9 Å². The van der Waals surface area contributed by atoms with Crippen molar-refractivity contribution in [2.24, 2.45) is 5.41 Å². The number of hydrogen-bond donors (Lipinski definition) is 2. The van der Waals surface area contributed by atoms with E-state index in [4.69, 9.17) is 0 Å². The van der Waals surface area contributed by atoms with Crippen LogP contribution < -0.4 is 10.6 Å². The fourth-order valence-electron chi connectivity index (χ4n) is 2.77. The van der Waals surface area contributed by atoms with Crippen molar-refractivity contribution >= 4 is 28.4 Å². The predicted molar refractivity (Wildman–Crippen MR) is 107 cm³/mol. The fourth-order valence-corrected chi connectivity index (χ4v) is 2.77. The summed E-state index contributed by atoms with van der Waals surface area (Å²) in [6, 6.07) is 19.3. The molecule has 0 atom stereocenters. The van der Waals surface area contributed by atoms with Crippen LogP contribution in [-0.2, 0) is 16.0 Å². The van der Waals surface area contributed by atoms with Crippen LogP contribution in [0.5, 0.6) is 0 Å². The third-order valence-corrected chi connectivity index (χ3v) is 4.56. The molecule has 0 saturated heterocycles. The number of carbonyl (C=O) groups excluding carboxylic acids is 2. The maximum absolute atomic E-state index is 12.8. The van der Waals surface area contributed by atoms with E-state index in [-0.39, 0.29) is 11.8 Å². The van der Waals surface area contributed by atoms with Crippen LogP contribution >= 0.6 is 0 Å². The topological polar surface area (TPSA) is 71.1 Å². The van der Waals surface area contributed by atoms with E-state index in [1.807, 2.05) is 54.6 Å². The van der Waals surface area contributed by atoms with E-state index in [1.54, 1.807) is 26.1 Å². The Morgan fingerprint density at radius 1 is 0.926 bits per heavy atom. The van der Waals surface area contributed by atoms with Gasteiger partial charge in [0.05, 0.1) is 11.2 Å². The average molecular weight is 361 g/mol. The van der Waals surface area contributed by atoms with E-state index in [1.165, 1.54) is 0 Å². The normalized spacial score (nSPS) is 11.2. The zero-order valence-electron chi connectivity index (χ0n) is 15.5. The van der Waals surface area contributed by atoms with Crippen molar-refractivity contribution in [3.63, 3.8) is 0 Å². The number of benzene rings is 2. The Morgan fingerprint density at radius 3 is 2.44 bits per heavy atom. The Kier molecular flexibility index (Phi) is 5.50. The molecular formula is C22H23N3O2. The van der Waals surface area contributed by atoms with Crippen molar-refractivity contribution in [1.82, 2.24) is 10.3 Å². The lowest BCUT2D eigenvalue weighted by Crippen LogP contribution is -2.45. The van der Waals surface area contributed by atoms with Gasteiger partial charge in [0.15, 0.2) is 0 Å². The second kappa shape index (κ2) is 7.99. The molecule has 0 aliphatic carbocycles. The van der Waals surface area contributed by atoms with Gasteiger partial charge < -0.3 is 10.6 Å². The number of nitrogens with one attached hydrogen (secondary N) is 2. The first-order valence-corrected chi connectivity index (χ1v) is 8.96. The minimum absolute atomic E-state index is 0.302. The average Bonchev–Trinajstić information content (AvgIpc) is 2.69. The van der Waals surface area contributed by atoms with Crippen LogP contribution in [-0.4, -0.2) is 23.3 Å². The van der Waals surface area contributed by atoms with Crippen LogP contribution in [0, 0.1) is 5.41 Å². The van der Waals surface area contributed by atoms with Crippen LogP contribution in [0.3, 0.4) is 0 Å². The number of anilines is 1. The van der Waals surface area contributed by atoms with Crippen LogP contribution in [0.4, 0.5) is 5.69 Å². The van der Waals surface area contributed by atoms with Crippen molar-refractivity contribution in [3.05, 3.63) is 72.4 Å². The highest BCUT2D eigenvalue weighted by Crippen LogP contribution is 2.24. The van der Waals surface area contributed by atoms with Crippen LogP contribution in [0.2, 0.25) is 0 Å². The van der Waals surface area contributed by atoms with Crippen LogP contribution in [0.1, 0.15) is 19.4 Å². The summed E-state index contributed by atoms with van der Waals surface area (Å²) >= 11 is 0. The molecule has 5 nitrogen and oxygen atoms in total. The quantitative estimate of drug-likeness (QED) is 0.660. The molecule has 0 aliphatic rings. The molecule has 0 bridgehead atoms. The molecule has 5 heteroatoms. The Balaban J connectivity index is 1.64. The third kappa shape index (κ3) is 4.31. The van der Waals surface area contributed by atoms with Gasteiger partial charge in [-0.2, -0.15) is 0 Å². The summed E-state index contributed by atoms with van der Waals surface area (Å²) in [5.41, 5.74) is 1.24. The second-order valence-corrected chi connectivity index (χ2v) is 6.95. The number of para-hydroxylation sites is 1. The standard InChI is InChI=1S/C22H23N3O2/c1-22(2,20(26)24-15-13-16-8-4-3-5-9-16)21(27)25-18-12-6-10-17-11-7-14-23-19(17)18/h3-12,14H,13,15H2,1-2H3,(H,24,26)(H,25,27). The maximum Gasteiger partial charge on any atom is 0.239 e. The smallest absolute Gasteiger partial charge is 0.239 e. The number of aromatic nitrogens is 1. The number of fused-ring (bicyclic) bond motifs is 1. The molecule has 1 heterocycles. The number of amides is 2. The molecule has 2 aromatic carbocycles. The van der Waals surface area contributed by atoms with Gasteiger partial charge in [-0.05, 0) is 38.0 Å². The first kappa shape index (κ1) is 18.6. The fraction of sp³-hybridized carbons (Fsp3) is 0.227. The summed E-state index contributed by atoms with van der Waals surface area (Å²) in [4.78, 5) is 29.6. The van der Waals surface area contributed by atoms with E-state index in [0.717, 1.165) is 17.4 Å². The summed E-state index contributed by atoms with van der Waals surface area (Å²) in [6.45, 7) is 3.73. The number of nitrogens with zero attached hydrogens (tertiary/aromatic N) is 1. The summed E-state index contributed by atoms with van der Waals surface area (Å²) in [7, 11) is 0. The highest BCUT2D eigenvalue weighted by atomic mass is 16.2. The highest BCUT2D eigenvalue weighted by Gasteiger charge is 2.36. The monoisotopic (exact) mass is 361 g/mol. The lowest BCUT2D eigenvalue weighted by molar-refractivity contribution is -0.138. The SMILES string of the molecule is CC(C)(C(=O)NCCc1ccccc1)C(=O)Nc1cccc2cccnc12. The molecule has 0 aliphatic heterocycles. The van der Waals surface area contributed by atoms with Crippen molar-refractivity contribution in [2.45, 2.75) is 20.3 Å². The Bertz CT molecular complexity index is 947. The Hall–Kier alpha value is -3.21. The van der Waals surface area contributed by atoms with Crippen molar-refractivity contribution in [3.8, 4) is 0 Å². The Labute approximate surface area is 158 Å². The molecular weight excluding hydrogens is 338 g/mol. The van der Waals surface area contributed by atoms with Gasteiger partial charge in [0.2, 0.25) is 11.8 Å². The van der Waals surface area contributed by atoms with E-state index in [9.17, 15) is 9.59 Å². The van der Waals surface area contributed by atoms with Crippen molar-refractivity contribution in [1.29, 1.82) is 0 Å². The zero-order chi connectivity index (χ0) is 19.3. The molecule has 0 saturated carbocycles. The van der Waals surface area contributed by atoms with Gasteiger partial charge in [-0.15, -0.1) is 0 Å². The summed E-state index contributed by atoms with van der Waals surface area (Å²) in [5.74, 6) is -0.665. The largest absolute Gasteiger partial charge is 0.355 e. The van der Waals surface area contributed by atoms with Gasteiger partial charge in [0.25, 0.3) is 0 Å². The molecule has 3 rings (SSSR count). The van der Waals surface area contributed by atoms with Gasteiger partial charge in [-0.25, -0.2) is 0 Å². The maximum atomic E-state index is 12.8. The summed E-state index contributed by atoms with van der Waals surface area (Å²) in [6.07, 6.45) is 2.40.